The van der Waals surface area contributed by atoms with E-state index in [2.05, 4.69) is 0 Å². The van der Waals surface area contributed by atoms with Crippen molar-refractivity contribution in [2.45, 2.75) is 69.3 Å². The van der Waals surface area contributed by atoms with Crippen molar-refractivity contribution in [1.29, 1.82) is 0 Å². The molecule has 2 aromatic rings. The first kappa shape index (κ1) is 28.7. The van der Waals surface area contributed by atoms with Crippen LogP contribution in [0.15, 0.2) is 60.7 Å². The third kappa shape index (κ3) is 4.93. The molecule has 0 aliphatic rings. The van der Waals surface area contributed by atoms with Crippen LogP contribution in [0.1, 0.15) is 34.6 Å². The fraction of sp³-hybridized carbons (Fsp3) is 0.423. The van der Waals surface area contributed by atoms with Crippen molar-refractivity contribution < 1.29 is 39.9 Å². The molecular weight excluding hydrogens is 468 g/mol. The van der Waals surface area contributed by atoms with Crippen molar-refractivity contribution >= 4 is 35.8 Å². The molecule has 5 atom stereocenters. The monoisotopic (exact) mass is 502 g/mol. The van der Waals surface area contributed by atoms with Gasteiger partial charge >= 0.3 is 0 Å². The normalized spacial score (nSPS) is 17.5. The molecular formula is C26H34O8Si. The lowest BCUT2D eigenvalue weighted by Crippen LogP contribution is -2.76. The summed E-state index contributed by atoms with van der Waals surface area (Å²) in [5, 5.41) is 56.0. The predicted molar refractivity (Wildman–Crippen MR) is 133 cm³/mol. The van der Waals surface area contributed by atoms with Gasteiger partial charge in [-0.25, -0.2) is 0 Å². The Kier molecular flexibility index (Phi) is 8.70. The molecule has 0 aromatic heterocycles. The van der Waals surface area contributed by atoms with Crippen LogP contribution in [0, 0.1) is 0 Å². The number of benzene rings is 2. The van der Waals surface area contributed by atoms with Gasteiger partial charge in [0.2, 0.25) is 11.4 Å². The number of carbonyl (C=O) groups is 3. The Bertz CT molecular complexity index is 1010. The smallest absolute Gasteiger partial charge is 0.239 e. The lowest BCUT2D eigenvalue weighted by Gasteiger charge is -2.49. The van der Waals surface area contributed by atoms with E-state index in [-0.39, 0.29) is 0 Å². The minimum absolute atomic E-state index is 0.660. The molecule has 0 bridgehead atoms. The first-order chi connectivity index (χ1) is 16.1. The molecule has 190 valence electrons. The van der Waals surface area contributed by atoms with Crippen LogP contribution in [-0.4, -0.2) is 80.6 Å². The van der Waals surface area contributed by atoms with E-state index < -0.39 is 60.1 Å². The molecule has 2 rings (SSSR count). The molecule has 35 heavy (non-hydrogen) atoms. The standard InChI is InChI=1S/C26H34O8Si/c1-16(27)22(31)26(34,17(2)28)23(32)20(29)21(30)24(33)35(25(3,4)5,18-12-8-6-9-13-18)19-14-10-7-11-15-19/h6-15,20-21,23-24,29-30,32-34H,1-5H3/t20-,21+,23+,24?,26+/m1/s1. The Labute approximate surface area is 205 Å². The maximum Gasteiger partial charge on any atom is 0.239 e. The van der Waals surface area contributed by atoms with E-state index in [4.69, 9.17) is 0 Å². The first-order valence-corrected chi connectivity index (χ1v) is 13.3. The SMILES string of the molecule is CC(=O)C(=O)[C@@](O)(C(C)=O)[C@@H](O)[C@H](O)[C@H](O)C(O)[Si](c1ccccc1)(c1ccccc1)C(C)(C)C. The van der Waals surface area contributed by atoms with Gasteiger partial charge in [-0.1, -0.05) is 91.8 Å². The highest BCUT2D eigenvalue weighted by Gasteiger charge is 2.59. The van der Waals surface area contributed by atoms with Crippen LogP contribution in [0.3, 0.4) is 0 Å². The number of carbonyl (C=O) groups excluding carboxylic acids is 3. The van der Waals surface area contributed by atoms with Crippen LogP contribution in [0.2, 0.25) is 5.04 Å². The predicted octanol–water partition coefficient (Wildman–Crippen LogP) is -0.489. The second-order valence-electron chi connectivity index (χ2n) is 9.87. The Morgan fingerprint density at radius 1 is 0.743 bits per heavy atom. The summed E-state index contributed by atoms with van der Waals surface area (Å²) in [5.41, 5.74) is -4.95. The van der Waals surface area contributed by atoms with Crippen molar-refractivity contribution in [3.8, 4) is 0 Å². The average molecular weight is 503 g/mol. The number of rotatable bonds is 10. The van der Waals surface area contributed by atoms with E-state index in [1.807, 2.05) is 45.0 Å². The number of Topliss-reactive ketones (excluding diaryl/α,β-unsaturated/α-hetero) is 3. The first-order valence-electron chi connectivity index (χ1n) is 11.3. The Morgan fingerprint density at radius 3 is 1.46 bits per heavy atom. The lowest BCUT2D eigenvalue weighted by molar-refractivity contribution is -0.183. The number of ketones is 3. The maximum absolute atomic E-state index is 12.3. The van der Waals surface area contributed by atoms with E-state index in [9.17, 15) is 39.9 Å². The number of aliphatic hydroxyl groups is 5. The molecule has 0 radical (unpaired) electrons. The zero-order chi connectivity index (χ0) is 26.8. The van der Waals surface area contributed by atoms with Gasteiger partial charge in [0, 0.05) is 6.92 Å². The highest BCUT2D eigenvalue weighted by atomic mass is 28.3. The minimum atomic E-state index is -3.44. The second kappa shape index (κ2) is 10.6. The van der Waals surface area contributed by atoms with Gasteiger partial charge in [0.15, 0.2) is 19.6 Å². The van der Waals surface area contributed by atoms with E-state index >= 15 is 0 Å². The van der Waals surface area contributed by atoms with Crippen molar-refractivity contribution in [3.05, 3.63) is 60.7 Å². The summed E-state index contributed by atoms with van der Waals surface area (Å²) >= 11 is 0. The zero-order valence-electron chi connectivity index (χ0n) is 20.5. The van der Waals surface area contributed by atoms with E-state index in [0.29, 0.717) is 0 Å². The molecule has 8 nitrogen and oxygen atoms in total. The summed E-state index contributed by atoms with van der Waals surface area (Å²) in [6, 6.07) is 18.0. The quantitative estimate of drug-likeness (QED) is 0.166. The van der Waals surface area contributed by atoms with Crippen molar-refractivity contribution in [2.24, 2.45) is 0 Å². The van der Waals surface area contributed by atoms with Crippen LogP contribution in [0.25, 0.3) is 0 Å². The van der Waals surface area contributed by atoms with Gasteiger partial charge in [-0.2, -0.15) is 0 Å². The summed E-state index contributed by atoms with van der Waals surface area (Å²) in [6.45, 7) is 7.26. The third-order valence-corrected chi connectivity index (χ3v) is 12.8. The molecule has 0 fully saturated rings. The molecule has 0 heterocycles. The van der Waals surface area contributed by atoms with E-state index in [1.165, 1.54) is 0 Å². The minimum Gasteiger partial charge on any atom is -0.393 e. The summed E-state index contributed by atoms with van der Waals surface area (Å²) in [7, 11) is -3.44. The van der Waals surface area contributed by atoms with Crippen LogP contribution in [-0.2, 0) is 14.4 Å². The molecule has 5 N–H and O–H groups in total. The van der Waals surface area contributed by atoms with E-state index in [1.54, 1.807) is 36.4 Å². The largest absolute Gasteiger partial charge is 0.393 e. The van der Waals surface area contributed by atoms with Crippen LogP contribution in [0.5, 0.6) is 0 Å². The number of hydrogen-bond acceptors (Lipinski definition) is 8. The van der Waals surface area contributed by atoms with Crippen LogP contribution < -0.4 is 10.4 Å². The van der Waals surface area contributed by atoms with E-state index in [0.717, 1.165) is 24.2 Å². The molecule has 0 aliphatic carbocycles. The highest BCUT2D eigenvalue weighted by molar-refractivity contribution is 7.05. The summed E-state index contributed by atoms with van der Waals surface area (Å²) in [4.78, 5) is 36.1. The molecule has 0 saturated carbocycles. The zero-order valence-corrected chi connectivity index (χ0v) is 21.5. The summed E-state index contributed by atoms with van der Waals surface area (Å²) in [5.74, 6) is -4.11. The summed E-state index contributed by atoms with van der Waals surface area (Å²) < 4.78 is 0. The van der Waals surface area contributed by atoms with Crippen molar-refractivity contribution in [1.82, 2.24) is 0 Å². The fourth-order valence-corrected chi connectivity index (χ4v) is 10.6. The molecule has 1 unspecified atom stereocenters. The van der Waals surface area contributed by atoms with Gasteiger partial charge in [0.1, 0.15) is 18.3 Å². The molecule has 0 saturated heterocycles. The highest BCUT2D eigenvalue weighted by Crippen LogP contribution is 2.40. The topological polar surface area (TPSA) is 152 Å². The van der Waals surface area contributed by atoms with Crippen LogP contribution >= 0.6 is 0 Å². The average Bonchev–Trinajstić information content (AvgIpc) is 2.82. The van der Waals surface area contributed by atoms with Gasteiger partial charge in [0.25, 0.3) is 0 Å². The van der Waals surface area contributed by atoms with Crippen molar-refractivity contribution in [2.75, 3.05) is 0 Å². The third-order valence-electron chi connectivity index (χ3n) is 6.71. The fourth-order valence-electron chi connectivity index (χ4n) is 4.87. The van der Waals surface area contributed by atoms with Crippen LogP contribution in [0.4, 0.5) is 0 Å². The Morgan fingerprint density at radius 2 is 1.14 bits per heavy atom. The maximum atomic E-state index is 12.3. The second-order valence-corrected chi connectivity index (χ2v) is 14.7. The lowest BCUT2D eigenvalue weighted by atomic mass is 9.82. The van der Waals surface area contributed by atoms with Crippen molar-refractivity contribution in [3.63, 3.8) is 0 Å². The molecule has 9 heteroatoms. The van der Waals surface area contributed by atoms with Gasteiger partial charge in [0.05, 0.1) is 5.73 Å². The van der Waals surface area contributed by atoms with Gasteiger partial charge in [-0.15, -0.1) is 0 Å². The molecule has 0 amide bonds. The molecule has 2 aromatic carbocycles. The van der Waals surface area contributed by atoms with Gasteiger partial charge in [-0.3, -0.25) is 14.4 Å². The molecule has 0 spiro atoms. The van der Waals surface area contributed by atoms with Gasteiger partial charge < -0.3 is 25.5 Å². The summed E-state index contributed by atoms with van der Waals surface area (Å²) in [6.07, 6.45) is -7.01. The Hall–Kier alpha value is -2.53. The Balaban J connectivity index is 2.70. The number of aliphatic hydroxyl groups excluding tert-OH is 4. The number of hydrogen-bond donors (Lipinski definition) is 5. The molecule has 0 aliphatic heterocycles. The van der Waals surface area contributed by atoms with Gasteiger partial charge in [-0.05, 0) is 12.0 Å².